The Morgan fingerprint density at radius 2 is 1.93 bits per heavy atom. The number of hydrogen-bond acceptors (Lipinski definition) is 4. The second kappa shape index (κ2) is 7.76. The average Bonchev–Trinajstić information content (AvgIpc) is 3.09. The molecule has 5 heteroatoms. The van der Waals surface area contributed by atoms with E-state index in [9.17, 15) is 0 Å². The highest BCUT2D eigenvalue weighted by Crippen LogP contribution is 2.27. The smallest absolute Gasteiger partial charge is 0.192 e. The molecule has 0 aliphatic carbocycles. The number of aromatic nitrogens is 4. The van der Waals surface area contributed by atoms with Crippen molar-refractivity contribution in [3.05, 3.63) is 84.6 Å². The number of benzene rings is 2. The van der Waals surface area contributed by atoms with E-state index in [1.165, 1.54) is 5.56 Å². The molecule has 27 heavy (non-hydrogen) atoms. The molecule has 2 aromatic carbocycles. The number of aryl methyl sites for hydroxylation is 1. The first kappa shape index (κ1) is 17.5. The predicted octanol–water partition coefficient (Wildman–Crippen LogP) is 5.28. The fourth-order valence-corrected chi connectivity index (χ4v) is 3.87. The van der Waals surface area contributed by atoms with E-state index in [0.717, 1.165) is 38.9 Å². The summed E-state index contributed by atoms with van der Waals surface area (Å²) in [4.78, 5) is 4.74. The molecule has 2 aromatic heterocycles. The van der Waals surface area contributed by atoms with Gasteiger partial charge in [0, 0.05) is 23.2 Å². The maximum absolute atomic E-state index is 4.74. The van der Waals surface area contributed by atoms with Gasteiger partial charge in [0.1, 0.15) is 0 Å². The topological polar surface area (TPSA) is 43.6 Å². The first-order valence-corrected chi connectivity index (χ1v) is 9.82. The van der Waals surface area contributed by atoms with Crippen LogP contribution in [0.1, 0.15) is 11.3 Å². The molecule has 4 nitrogen and oxygen atoms in total. The quantitative estimate of drug-likeness (QED) is 0.341. The van der Waals surface area contributed by atoms with Crippen LogP contribution in [0.5, 0.6) is 0 Å². The Morgan fingerprint density at radius 3 is 2.78 bits per heavy atom. The van der Waals surface area contributed by atoms with Gasteiger partial charge in [0.15, 0.2) is 11.0 Å². The number of allylic oxidation sites excluding steroid dienone is 1. The first-order chi connectivity index (χ1) is 13.2. The van der Waals surface area contributed by atoms with Crippen molar-refractivity contribution in [2.24, 2.45) is 0 Å². The molecule has 4 aromatic rings. The van der Waals surface area contributed by atoms with Gasteiger partial charge in [-0.2, -0.15) is 0 Å². The van der Waals surface area contributed by atoms with Crippen LogP contribution in [0.15, 0.2) is 78.5 Å². The van der Waals surface area contributed by atoms with E-state index in [0.29, 0.717) is 6.54 Å². The summed E-state index contributed by atoms with van der Waals surface area (Å²) in [6, 6.07) is 20.7. The molecular formula is C22H20N4S. The SMILES string of the molecule is C=CCn1c(SCc2ccc3ccccc3n2)nnc1-c1cccc(C)c1. The normalized spacial score (nSPS) is 11.0. The number of para-hydroxylation sites is 1. The third-order valence-electron chi connectivity index (χ3n) is 4.31. The van der Waals surface area contributed by atoms with Gasteiger partial charge in [0.25, 0.3) is 0 Å². The molecule has 4 rings (SSSR count). The second-order valence-electron chi connectivity index (χ2n) is 6.36. The minimum Gasteiger partial charge on any atom is -0.298 e. The van der Waals surface area contributed by atoms with Crippen molar-refractivity contribution in [2.45, 2.75) is 24.4 Å². The molecule has 0 N–H and O–H groups in total. The summed E-state index contributed by atoms with van der Waals surface area (Å²) >= 11 is 1.65. The van der Waals surface area contributed by atoms with E-state index in [1.54, 1.807) is 11.8 Å². The standard InChI is InChI=1S/C22H20N4S/c1-3-13-26-21(18-9-6-7-16(2)14-18)24-25-22(26)27-15-19-12-11-17-8-4-5-10-20(17)23-19/h3-12,14H,1,13,15H2,2H3. The minimum absolute atomic E-state index is 0.670. The Balaban J connectivity index is 1.60. The number of pyridine rings is 1. The zero-order valence-electron chi connectivity index (χ0n) is 15.2. The lowest BCUT2D eigenvalue weighted by Crippen LogP contribution is -2.01. The summed E-state index contributed by atoms with van der Waals surface area (Å²) in [5.74, 6) is 1.61. The Kier molecular flexibility index (Phi) is 5.03. The van der Waals surface area contributed by atoms with E-state index in [2.05, 4.69) is 64.7 Å². The molecule has 0 fully saturated rings. The van der Waals surface area contributed by atoms with Crippen LogP contribution in [0.4, 0.5) is 0 Å². The molecule has 0 spiro atoms. The maximum Gasteiger partial charge on any atom is 0.192 e. The van der Waals surface area contributed by atoms with Crippen LogP contribution in [0, 0.1) is 6.92 Å². The van der Waals surface area contributed by atoms with Crippen molar-refractivity contribution in [2.75, 3.05) is 0 Å². The minimum atomic E-state index is 0.670. The second-order valence-corrected chi connectivity index (χ2v) is 7.30. The summed E-state index contributed by atoms with van der Waals surface area (Å²) in [5, 5.41) is 10.9. The molecule has 0 aliphatic heterocycles. The van der Waals surface area contributed by atoms with Crippen LogP contribution < -0.4 is 0 Å². The molecule has 0 radical (unpaired) electrons. The molecule has 0 aliphatic rings. The maximum atomic E-state index is 4.74. The summed E-state index contributed by atoms with van der Waals surface area (Å²) in [7, 11) is 0. The number of thioether (sulfide) groups is 1. The molecule has 0 amide bonds. The summed E-state index contributed by atoms with van der Waals surface area (Å²) < 4.78 is 2.10. The summed E-state index contributed by atoms with van der Waals surface area (Å²) in [6.45, 7) is 6.64. The van der Waals surface area contributed by atoms with E-state index < -0.39 is 0 Å². The van der Waals surface area contributed by atoms with Crippen LogP contribution in [0.3, 0.4) is 0 Å². The highest BCUT2D eigenvalue weighted by molar-refractivity contribution is 7.98. The zero-order valence-corrected chi connectivity index (χ0v) is 16.0. The summed E-state index contributed by atoms with van der Waals surface area (Å²) in [5.41, 5.74) is 4.32. The van der Waals surface area contributed by atoms with Crippen LogP contribution in [-0.4, -0.2) is 19.7 Å². The largest absolute Gasteiger partial charge is 0.298 e. The monoisotopic (exact) mass is 372 g/mol. The van der Waals surface area contributed by atoms with Crippen LogP contribution in [0.25, 0.3) is 22.3 Å². The highest BCUT2D eigenvalue weighted by atomic mass is 32.2. The fourth-order valence-electron chi connectivity index (χ4n) is 3.01. The van der Waals surface area contributed by atoms with Gasteiger partial charge >= 0.3 is 0 Å². The van der Waals surface area contributed by atoms with Gasteiger partial charge < -0.3 is 0 Å². The number of fused-ring (bicyclic) bond motifs is 1. The van der Waals surface area contributed by atoms with Crippen molar-refractivity contribution >= 4 is 22.7 Å². The Hall–Kier alpha value is -2.92. The van der Waals surface area contributed by atoms with E-state index in [4.69, 9.17) is 4.98 Å². The summed E-state index contributed by atoms with van der Waals surface area (Å²) in [6.07, 6.45) is 1.88. The fraction of sp³-hybridized carbons (Fsp3) is 0.136. The lowest BCUT2D eigenvalue weighted by atomic mass is 10.1. The van der Waals surface area contributed by atoms with E-state index in [-0.39, 0.29) is 0 Å². The van der Waals surface area contributed by atoms with Gasteiger partial charge in [0.2, 0.25) is 0 Å². The van der Waals surface area contributed by atoms with Crippen molar-refractivity contribution in [1.82, 2.24) is 19.7 Å². The number of rotatable bonds is 6. The van der Waals surface area contributed by atoms with Crippen molar-refractivity contribution < 1.29 is 0 Å². The van der Waals surface area contributed by atoms with Crippen molar-refractivity contribution in [3.8, 4) is 11.4 Å². The van der Waals surface area contributed by atoms with Crippen molar-refractivity contribution in [1.29, 1.82) is 0 Å². The van der Waals surface area contributed by atoms with Crippen molar-refractivity contribution in [3.63, 3.8) is 0 Å². The van der Waals surface area contributed by atoms with Gasteiger partial charge in [-0.25, -0.2) is 0 Å². The van der Waals surface area contributed by atoms with Gasteiger partial charge in [-0.05, 0) is 25.1 Å². The third-order valence-corrected chi connectivity index (χ3v) is 5.31. The number of hydrogen-bond donors (Lipinski definition) is 0. The lowest BCUT2D eigenvalue weighted by Gasteiger charge is -2.08. The van der Waals surface area contributed by atoms with Gasteiger partial charge in [-0.3, -0.25) is 9.55 Å². The molecule has 0 bridgehead atoms. The molecule has 134 valence electrons. The third kappa shape index (κ3) is 3.78. The number of nitrogens with zero attached hydrogens (tertiary/aromatic N) is 4. The van der Waals surface area contributed by atoms with Crippen LogP contribution >= 0.6 is 11.8 Å². The van der Waals surface area contributed by atoms with Gasteiger partial charge in [0.05, 0.1) is 11.2 Å². The molecule has 2 heterocycles. The van der Waals surface area contributed by atoms with Crippen LogP contribution in [-0.2, 0) is 12.3 Å². The van der Waals surface area contributed by atoms with Gasteiger partial charge in [-0.1, -0.05) is 65.9 Å². The molecule has 0 saturated heterocycles. The predicted molar refractivity (Wildman–Crippen MR) is 112 cm³/mol. The molecular weight excluding hydrogens is 352 g/mol. The first-order valence-electron chi connectivity index (χ1n) is 8.83. The van der Waals surface area contributed by atoms with Crippen LogP contribution in [0.2, 0.25) is 0 Å². The highest BCUT2D eigenvalue weighted by Gasteiger charge is 2.14. The van der Waals surface area contributed by atoms with E-state index >= 15 is 0 Å². The van der Waals surface area contributed by atoms with E-state index in [1.807, 2.05) is 30.3 Å². The Labute approximate surface area is 163 Å². The zero-order chi connectivity index (χ0) is 18.6. The Bertz CT molecular complexity index is 1100. The lowest BCUT2D eigenvalue weighted by molar-refractivity contribution is 0.731. The van der Waals surface area contributed by atoms with Gasteiger partial charge in [-0.15, -0.1) is 16.8 Å². The molecule has 0 atom stereocenters. The molecule has 0 unspecified atom stereocenters. The molecule has 0 saturated carbocycles. The average molecular weight is 372 g/mol. The Morgan fingerprint density at radius 1 is 1.04 bits per heavy atom.